The Morgan fingerprint density at radius 1 is 1.14 bits per heavy atom. The van der Waals surface area contributed by atoms with Crippen molar-refractivity contribution in [3.05, 3.63) is 64.7 Å². The Morgan fingerprint density at radius 3 is 2.66 bits per heavy atom. The molecule has 0 aliphatic carbocycles. The van der Waals surface area contributed by atoms with Crippen molar-refractivity contribution in [3.63, 3.8) is 0 Å². The highest BCUT2D eigenvalue weighted by atomic mass is 35.5. The Morgan fingerprint density at radius 2 is 1.90 bits per heavy atom. The zero-order valence-corrected chi connectivity index (χ0v) is 17.2. The van der Waals surface area contributed by atoms with Gasteiger partial charge in [-0.05, 0) is 61.8 Å². The van der Waals surface area contributed by atoms with E-state index in [4.69, 9.17) is 11.6 Å². The molecule has 2 aliphatic heterocycles. The Hall–Kier alpha value is -2.50. The number of anilines is 1. The van der Waals surface area contributed by atoms with Crippen LogP contribution in [0.25, 0.3) is 0 Å². The van der Waals surface area contributed by atoms with Crippen molar-refractivity contribution in [2.45, 2.75) is 31.7 Å². The summed E-state index contributed by atoms with van der Waals surface area (Å²) in [4.78, 5) is 34.7. The summed E-state index contributed by atoms with van der Waals surface area (Å²) in [5.74, 6) is -1.17. The van der Waals surface area contributed by atoms with Crippen LogP contribution in [0, 0.1) is 0 Å². The molecule has 0 bridgehead atoms. The van der Waals surface area contributed by atoms with Crippen molar-refractivity contribution in [2.75, 3.05) is 24.5 Å². The minimum Gasteiger partial charge on any atom is -0.299 e. The molecule has 5 nitrogen and oxygen atoms in total. The molecule has 0 N–H and O–H groups in total. The van der Waals surface area contributed by atoms with Gasteiger partial charge in [0, 0.05) is 22.8 Å². The molecule has 2 aliphatic rings. The van der Waals surface area contributed by atoms with Gasteiger partial charge in [0.1, 0.15) is 0 Å². The fraction of sp³-hybridized carbons (Fsp3) is 0.348. The smallest absolute Gasteiger partial charge is 0.265 e. The quantitative estimate of drug-likeness (QED) is 0.550. The van der Waals surface area contributed by atoms with Gasteiger partial charge in [0.25, 0.3) is 5.91 Å². The summed E-state index contributed by atoms with van der Waals surface area (Å²) in [7, 11) is 0. The molecule has 0 saturated carbocycles. The van der Waals surface area contributed by atoms with Gasteiger partial charge in [-0.2, -0.15) is 0 Å². The van der Waals surface area contributed by atoms with E-state index in [1.165, 1.54) is 11.3 Å². The van der Waals surface area contributed by atoms with Crippen molar-refractivity contribution >= 4 is 35.3 Å². The largest absolute Gasteiger partial charge is 0.299 e. The molecular weight excluding hydrogens is 386 g/mol. The molecule has 0 radical (unpaired) electrons. The van der Waals surface area contributed by atoms with E-state index in [2.05, 4.69) is 16.8 Å². The minimum absolute atomic E-state index is 0.279. The van der Waals surface area contributed by atoms with Gasteiger partial charge >= 0.3 is 0 Å². The lowest BCUT2D eigenvalue weighted by molar-refractivity contribution is -0.118. The number of fused-ring (bicyclic) bond motifs is 1. The molecule has 0 spiro atoms. The molecule has 1 saturated heterocycles. The molecule has 2 amide bonds. The predicted molar refractivity (Wildman–Crippen MR) is 116 cm³/mol. The summed E-state index contributed by atoms with van der Waals surface area (Å²) >= 11 is 5.97. The summed E-state index contributed by atoms with van der Waals surface area (Å²) in [6, 6.07) is 14.5. The molecule has 2 heterocycles. The number of rotatable bonds is 5. The third-order valence-corrected chi connectivity index (χ3v) is 6.03. The van der Waals surface area contributed by atoms with E-state index in [0.29, 0.717) is 28.9 Å². The van der Waals surface area contributed by atoms with Gasteiger partial charge in [-0.3, -0.25) is 19.5 Å². The lowest BCUT2D eigenvalue weighted by Crippen LogP contribution is -2.45. The van der Waals surface area contributed by atoms with Crippen LogP contribution in [0.3, 0.4) is 0 Å². The standard InChI is InChI=1S/C23H24ClN3O2/c1-2-26-13-5-6-18(26)14-25-15-21-19-7-3-4-8-20(19)22(28)27(23(21)29)17-11-9-16(24)10-12-17/h3-4,7-12,15,18,21H,2,5-6,13-14H2,1H3/t18-,21?/m0/s1. The summed E-state index contributed by atoms with van der Waals surface area (Å²) in [6.07, 6.45) is 4.05. The first-order valence-corrected chi connectivity index (χ1v) is 10.4. The zero-order chi connectivity index (χ0) is 20.4. The summed E-state index contributed by atoms with van der Waals surface area (Å²) in [5.41, 5.74) is 1.77. The monoisotopic (exact) mass is 409 g/mol. The predicted octanol–water partition coefficient (Wildman–Crippen LogP) is 4.17. The van der Waals surface area contributed by atoms with E-state index >= 15 is 0 Å². The van der Waals surface area contributed by atoms with Gasteiger partial charge in [-0.15, -0.1) is 0 Å². The first-order chi connectivity index (χ1) is 14.1. The minimum atomic E-state index is -0.573. The van der Waals surface area contributed by atoms with Crippen LogP contribution >= 0.6 is 11.6 Å². The van der Waals surface area contributed by atoms with Crippen molar-refractivity contribution < 1.29 is 9.59 Å². The van der Waals surface area contributed by atoms with Gasteiger partial charge < -0.3 is 0 Å². The number of hydrogen-bond acceptors (Lipinski definition) is 4. The molecule has 2 atom stereocenters. The number of benzene rings is 2. The van der Waals surface area contributed by atoms with Crippen molar-refractivity contribution in [2.24, 2.45) is 4.99 Å². The SMILES string of the molecule is CCN1CCC[C@H]1CN=CC1C(=O)N(c2ccc(Cl)cc2)C(=O)c2ccccc21. The molecule has 29 heavy (non-hydrogen) atoms. The number of carbonyl (C=O) groups is 2. The van der Waals surface area contributed by atoms with E-state index in [0.717, 1.165) is 25.1 Å². The zero-order valence-electron chi connectivity index (χ0n) is 16.4. The van der Waals surface area contributed by atoms with Gasteiger partial charge in [0.15, 0.2) is 0 Å². The maximum Gasteiger partial charge on any atom is 0.265 e. The Kier molecular flexibility index (Phi) is 5.79. The number of amides is 2. The van der Waals surface area contributed by atoms with Gasteiger partial charge in [0.05, 0.1) is 18.2 Å². The molecular formula is C23H24ClN3O2. The van der Waals surface area contributed by atoms with Crippen LogP contribution in [-0.4, -0.2) is 48.6 Å². The van der Waals surface area contributed by atoms with Crippen LogP contribution in [0.15, 0.2) is 53.5 Å². The van der Waals surface area contributed by atoms with E-state index in [9.17, 15) is 9.59 Å². The van der Waals surface area contributed by atoms with Crippen LogP contribution in [0.5, 0.6) is 0 Å². The molecule has 150 valence electrons. The van der Waals surface area contributed by atoms with Crippen LogP contribution < -0.4 is 4.90 Å². The van der Waals surface area contributed by atoms with E-state index < -0.39 is 5.92 Å². The number of likely N-dealkylation sites (tertiary alicyclic amines) is 1. The van der Waals surface area contributed by atoms with Gasteiger partial charge in [-0.1, -0.05) is 36.7 Å². The second kappa shape index (κ2) is 8.47. The fourth-order valence-corrected chi connectivity index (χ4v) is 4.37. The number of halogens is 1. The Bertz CT molecular complexity index is 941. The van der Waals surface area contributed by atoms with Gasteiger partial charge in [-0.25, -0.2) is 4.90 Å². The first-order valence-electron chi connectivity index (χ1n) is 10.1. The summed E-state index contributed by atoms with van der Waals surface area (Å²) in [6.45, 7) is 4.97. The second-order valence-corrected chi connectivity index (χ2v) is 7.90. The maximum absolute atomic E-state index is 13.3. The molecule has 1 unspecified atom stereocenters. The summed E-state index contributed by atoms with van der Waals surface area (Å²) in [5, 5.41) is 0.557. The normalized spacial score (nSPS) is 22.5. The van der Waals surface area contributed by atoms with Crippen molar-refractivity contribution in [1.82, 2.24) is 4.90 Å². The third kappa shape index (κ3) is 3.85. The number of imide groups is 1. The first kappa shape index (κ1) is 19.8. The number of aliphatic imine (C=N–C) groups is 1. The number of carbonyl (C=O) groups excluding carboxylic acids is 2. The average molecular weight is 410 g/mol. The highest BCUT2D eigenvalue weighted by Crippen LogP contribution is 2.32. The molecule has 2 aromatic rings. The highest BCUT2D eigenvalue weighted by Gasteiger charge is 2.38. The highest BCUT2D eigenvalue weighted by molar-refractivity contribution is 6.31. The number of nitrogens with zero attached hydrogens (tertiary/aromatic N) is 3. The van der Waals surface area contributed by atoms with E-state index in [-0.39, 0.29) is 11.8 Å². The topological polar surface area (TPSA) is 53.0 Å². The van der Waals surface area contributed by atoms with Crippen LogP contribution in [0.4, 0.5) is 5.69 Å². The Balaban J connectivity index is 1.64. The third-order valence-electron chi connectivity index (χ3n) is 5.78. The molecule has 2 aromatic carbocycles. The number of likely N-dealkylation sites (N-methyl/N-ethyl adjacent to an activating group) is 1. The van der Waals surface area contributed by atoms with E-state index in [1.807, 2.05) is 18.2 Å². The maximum atomic E-state index is 13.3. The van der Waals surface area contributed by atoms with Crippen molar-refractivity contribution in [1.29, 1.82) is 0 Å². The lowest BCUT2D eigenvalue weighted by atomic mass is 9.89. The second-order valence-electron chi connectivity index (χ2n) is 7.46. The van der Waals surface area contributed by atoms with E-state index in [1.54, 1.807) is 36.5 Å². The number of hydrogen-bond donors (Lipinski definition) is 0. The Labute approximate surface area is 176 Å². The molecule has 6 heteroatoms. The average Bonchev–Trinajstić information content (AvgIpc) is 3.19. The summed E-state index contributed by atoms with van der Waals surface area (Å²) < 4.78 is 0. The van der Waals surface area contributed by atoms with Crippen LogP contribution in [0.1, 0.15) is 41.6 Å². The molecule has 0 aromatic heterocycles. The molecule has 1 fully saturated rings. The van der Waals surface area contributed by atoms with Crippen LogP contribution in [-0.2, 0) is 4.79 Å². The molecule has 4 rings (SSSR count). The lowest BCUT2D eigenvalue weighted by Gasteiger charge is -2.31. The fourth-order valence-electron chi connectivity index (χ4n) is 4.24. The van der Waals surface area contributed by atoms with Crippen LogP contribution in [0.2, 0.25) is 5.02 Å². The van der Waals surface area contributed by atoms with Gasteiger partial charge in [0.2, 0.25) is 5.91 Å². The van der Waals surface area contributed by atoms with Crippen molar-refractivity contribution in [3.8, 4) is 0 Å².